The lowest BCUT2D eigenvalue weighted by Crippen LogP contribution is -2.05. The van der Waals surface area contributed by atoms with Crippen molar-refractivity contribution in [2.45, 2.75) is 6.92 Å². The molecular weight excluding hydrogens is 418 g/mol. The zero-order valence-electron chi connectivity index (χ0n) is 16.6. The monoisotopic (exact) mass is 435 g/mol. The molecular formula is C23H17NO8. The van der Waals surface area contributed by atoms with E-state index in [1.807, 2.05) is 0 Å². The van der Waals surface area contributed by atoms with E-state index >= 15 is 0 Å². The van der Waals surface area contributed by atoms with Gasteiger partial charge < -0.3 is 26.2 Å². The van der Waals surface area contributed by atoms with E-state index < -0.39 is 23.9 Å². The van der Waals surface area contributed by atoms with Crippen LogP contribution in [-0.4, -0.2) is 44.3 Å². The molecule has 0 aliphatic heterocycles. The zero-order chi connectivity index (χ0) is 23.7. The average Bonchev–Trinajstić information content (AvgIpc) is 2.74. The summed E-state index contributed by atoms with van der Waals surface area (Å²) in [5.41, 5.74) is 7.25. The topological polar surface area (TPSA) is 175 Å². The molecule has 0 unspecified atom stereocenters. The molecule has 6 N–H and O–H groups in total. The number of carboxylic acids is 4. The van der Waals surface area contributed by atoms with Crippen LogP contribution in [0.1, 0.15) is 47.0 Å². The van der Waals surface area contributed by atoms with E-state index in [-0.39, 0.29) is 39.1 Å². The predicted molar refractivity (Wildman–Crippen MR) is 114 cm³/mol. The number of rotatable bonds is 6. The normalized spacial score (nSPS) is 10.5. The van der Waals surface area contributed by atoms with Crippen LogP contribution in [0.2, 0.25) is 0 Å². The van der Waals surface area contributed by atoms with Crippen molar-refractivity contribution < 1.29 is 39.6 Å². The minimum atomic E-state index is -1.31. The molecule has 0 aromatic heterocycles. The number of carbonyl (C=O) groups is 4. The van der Waals surface area contributed by atoms with Crippen LogP contribution in [0.3, 0.4) is 0 Å². The minimum Gasteiger partial charge on any atom is -0.478 e. The maximum atomic E-state index is 11.5. The predicted octanol–water partition coefficient (Wildman–Crippen LogP) is 3.70. The first kappa shape index (κ1) is 22.0. The Morgan fingerprint density at radius 1 is 0.562 bits per heavy atom. The summed E-state index contributed by atoms with van der Waals surface area (Å²) in [7, 11) is 0. The van der Waals surface area contributed by atoms with Crippen LogP contribution in [0.15, 0.2) is 48.5 Å². The van der Waals surface area contributed by atoms with Gasteiger partial charge in [-0.1, -0.05) is 0 Å². The summed E-state index contributed by atoms with van der Waals surface area (Å²) in [6, 6.07) is 10.3. The molecule has 0 spiro atoms. The first-order chi connectivity index (χ1) is 15.0. The summed E-state index contributed by atoms with van der Waals surface area (Å²) in [5.74, 6) is -5.24. The minimum absolute atomic E-state index is 0.232. The highest BCUT2D eigenvalue weighted by atomic mass is 16.4. The van der Waals surface area contributed by atoms with Crippen molar-refractivity contribution in [1.29, 1.82) is 0 Å². The van der Waals surface area contributed by atoms with Crippen LogP contribution in [0.25, 0.3) is 22.3 Å². The van der Waals surface area contributed by atoms with Gasteiger partial charge in [-0.05, 0) is 83.3 Å². The van der Waals surface area contributed by atoms with E-state index in [9.17, 15) is 39.6 Å². The third-order valence-corrected chi connectivity index (χ3v) is 4.91. The molecule has 162 valence electrons. The molecule has 0 fully saturated rings. The maximum Gasteiger partial charge on any atom is 0.335 e. The number of nitrogen functional groups attached to an aromatic ring is 1. The Labute approximate surface area is 181 Å². The Balaban J connectivity index is 2.31. The van der Waals surface area contributed by atoms with E-state index in [4.69, 9.17) is 5.73 Å². The molecule has 3 aromatic rings. The highest BCUT2D eigenvalue weighted by Crippen LogP contribution is 2.36. The molecule has 0 heterocycles. The van der Waals surface area contributed by atoms with Crippen LogP contribution in [-0.2, 0) is 0 Å². The van der Waals surface area contributed by atoms with E-state index in [1.54, 1.807) is 6.92 Å². The van der Waals surface area contributed by atoms with Crippen LogP contribution in [0.4, 0.5) is 5.69 Å². The number of hydrogen-bond donors (Lipinski definition) is 5. The summed E-state index contributed by atoms with van der Waals surface area (Å²) in [5, 5.41) is 37.4. The summed E-state index contributed by atoms with van der Waals surface area (Å²) in [6.45, 7) is 1.66. The third-order valence-electron chi connectivity index (χ3n) is 4.91. The van der Waals surface area contributed by atoms with Crippen LogP contribution >= 0.6 is 0 Å². The van der Waals surface area contributed by atoms with E-state index in [2.05, 4.69) is 0 Å². The fraction of sp³-hybridized carbons (Fsp3) is 0.0435. The van der Waals surface area contributed by atoms with Crippen molar-refractivity contribution in [1.82, 2.24) is 0 Å². The fourth-order valence-corrected chi connectivity index (χ4v) is 3.40. The average molecular weight is 435 g/mol. The Morgan fingerprint density at radius 2 is 0.844 bits per heavy atom. The Hall–Kier alpha value is -4.66. The SMILES string of the molecule is Cc1c(-c2cc(C(=O)O)cc(C(=O)O)c2)cc(N)cc1-c1cc(C(=O)O)cc(C(=O)O)c1. The molecule has 3 aromatic carbocycles. The van der Waals surface area contributed by atoms with Crippen molar-refractivity contribution in [3.8, 4) is 22.3 Å². The van der Waals surface area contributed by atoms with Gasteiger partial charge in [0.1, 0.15) is 0 Å². The summed E-state index contributed by atoms with van der Waals surface area (Å²) < 4.78 is 0. The van der Waals surface area contributed by atoms with Crippen LogP contribution in [0, 0.1) is 6.92 Å². The van der Waals surface area contributed by atoms with E-state index in [0.29, 0.717) is 16.7 Å². The Bertz CT molecular complexity index is 1150. The first-order valence-electron chi connectivity index (χ1n) is 9.12. The smallest absolute Gasteiger partial charge is 0.335 e. The van der Waals surface area contributed by atoms with Crippen molar-refractivity contribution >= 4 is 29.6 Å². The number of carboxylic acid groups (broad SMARTS) is 4. The second-order valence-corrected chi connectivity index (χ2v) is 7.06. The largest absolute Gasteiger partial charge is 0.478 e. The van der Waals surface area contributed by atoms with Crippen molar-refractivity contribution in [3.05, 3.63) is 76.3 Å². The number of anilines is 1. The lowest BCUT2D eigenvalue weighted by molar-refractivity contribution is 0.0676. The van der Waals surface area contributed by atoms with Gasteiger partial charge in [0, 0.05) is 5.69 Å². The van der Waals surface area contributed by atoms with Crippen molar-refractivity contribution in [3.63, 3.8) is 0 Å². The third kappa shape index (κ3) is 4.26. The number of hydrogen-bond acceptors (Lipinski definition) is 5. The summed E-state index contributed by atoms with van der Waals surface area (Å²) in [4.78, 5) is 45.9. The second-order valence-electron chi connectivity index (χ2n) is 7.06. The molecule has 9 nitrogen and oxygen atoms in total. The van der Waals surface area contributed by atoms with Gasteiger partial charge in [-0.15, -0.1) is 0 Å². The van der Waals surface area contributed by atoms with E-state index in [1.165, 1.54) is 36.4 Å². The first-order valence-corrected chi connectivity index (χ1v) is 9.12. The molecule has 0 aliphatic rings. The number of nitrogens with two attached hydrogens (primary N) is 1. The highest BCUT2D eigenvalue weighted by Gasteiger charge is 2.18. The summed E-state index contributed by atoms with van der Waals surface area (Å²) >= 11 is 0. The molecule has 0 aliphatic carbocycles. The van der Waals surface area contributed by atoms with Gasteiger partial charge in [-0.2, -0.15) is 0 Å². The molecule has 0 saturated heterocycles. The maximum absolute atomic E-state index is 11.5. The quantitative estimate of drug-likeness (QED) is 0.361. The molecule has 0 bridgehead atoms. The van der Waals surface area contributed by atoms with Gasteiger partial charge in [0.2, 0.25) is 0 Å². The molecule has 0 radical (unpaired) electrons. The van der Waals surface area contributed by atoms with Crippen LogP contribution in [0.5, 0.6) is 0 Å². The second kappa shape index (κ2) is 8.23. The molecule has 9 heteroatoms. The van der Waals surface area contributed by atoms with Gasteiger partial charge in [-0.25, -0.2) is 19.2 Å². The zero-order valence-corrected chi connectivity index (χ0v) is 16.6. The van der Waals surface area contributed by atoms with Crippen molar-refractivity contribution in [2.75, 3.05) is 5.73 Å². The summed E-state index contributed by atoms with van der Waals surface area (Å²) in [6.07, 6.45) is 0. The molecule has 32 heavy (non-hydrogen) atoms. The van der Waals surface area contributed by atoms with Gasteiger partial charge in [0.05, 0.1) is 22.3 Å². The van der Waals surface area contributed by atoms with E-state index in [0.717, 1.165) is 12.1 Å². The standard InChI is InChI=1S/C23H17NO8/c1-10-18(11-2-13(20(25)26)6-14(3-11)21(27)28)8-17(24)9-19(10)12-4-15(22(29)30)7-16(5-12)23(31)32/h2-9H,24H2,1H3,(H,25,26)(H,27,28)(H,29,30)(H,31,32). The lowest BCUT2D eigenvalue weighted by atomic mass is 9.89. The van der Waals surface area contributed by atoms with Crippen LogP contribution < -0.4 is 5.73 Å². The van der Waals surface area contributed by atoms with Gasteiger partial charge in [0.25, 0.3) is 0 Å². The van der Waals surface area contributed by atoms with Gasteiger partial charge >= 0.3 is 23.9 Å². The highest BCUT2D eigenvalue weighted by molar-refractivity contribution is 5.98. The lowest BCUT2D eigenvalue weighted by Gasteiger charge is -2.16. The van der Waals surface area contributed by atoms with Gasteiger partial charge in [0.15, 0.2) is 0 Å². The fourth-order valence-electron chi connectivity index (χ4n) is 3.40. The van der Waals surface area contributed by atoms with Gasteiger partial charge in [-0.3, -0.25) is 0 Å². The number of benzene rings is 3. The van der Waals surface area contributed by atoms with Crippen molar-refractivity contribution in [2.24, 2.45) is 0 Å². The molecule has 0 saturated carbocycles. The molecule has 3 rings (SSSR count). The molecule has 0 atom stereocenters. The Kier molecular flexibility index (Phi) is 5.67. The number of aromatic carboxylic acids is 4. The molecule has 0 amide bonds. The Morgan fingerprint density at radius 3 is 1.09 bits per heavy atom.